The van der Waals surface area contributed by atoms with Gasteiger partial charge in [-0.15, -0.1) is 0 Å². The van der Waals surface area contributed by atoms with Crippen molar-refractivity contribution in [2.24, 2.45) is 0 Å². The van der Waals surface area contributed by atoms with Crippen molar-refractivity contribution in [2.75, 3.05) is 11.9 Å². The molecular weight excluding hydrogens is 352 g/mol. The number of aryl methyl sites for hydroxylation is 1. The number of carbonyl (C=O) groups excluding carboxylic acids is 1. The molecule has 28 heavy (non-hydrogen) atoms. The van der Waals surface area contributed by atoms with Crippen LogP contribution in [0.15, 0.2) is 78.9 Å². The zero-order chi connectivity index (χ0) is 19.9. The third-order valence-corrected chi connectivity index (χ3v) is 4.39. The lowest BCUT2D eigenvalue weighted by molar-refractivity contribution is -0.136. The van der Waals surface area contributed by atoms with E-state index in [2.05, 4.69) is 10.6 Å². The van der Waals surface area contributed by atoms with Crippen LogP contribution in [-0.4, -0.2) is 23.5 Å². The van der Waals surface area contributed by atoms with Crippen molar-refractivity contribution in [1.82, 2.24) is 5.32 Å². The lowest BCUT2D eigenvalue weighted by Crippen LogP contribution is -2.29. The number of nitrogens with one attached hydrogen (secondary N) is 2. The van der Waals surface area contributed by atoms with E-state index in [0.717, 1.165) is 16.7 Å². The minimum absolute atomic E-state index is 0.195. The minimum Gasteiger partial charge on any atom is -0.480 e. The fraction of sp³-hybridized carbons (Fsp3) is 0.130. The maximum absolute atomic E-state index is 12.7. The molecule has 0 saturated heterocycles. The van der Waals surface area contributed by atoms with Crippen LogP contribution >= 0.6 is 0 Å². The van der Waals surface area contributed by atoms with Gasteiger partial charge in [-0.25, -0.2) is 0 Å². The Labute approximate surface area is 164 Å². The number of rotatable bonds is 7. The second-order valence-electron chi connectivity index (χ2n) is 6.53. The summed E-state index contributed by atoms with van der Waals surface area (Å²) in [5.74, 6) is -1.15. The summed E-state index contributed by atoms with van der Waals surface area (Å²) < 4.78 is 0. The van der Waals surface area contributed by atoms with Gasteiger partial charge in [0.15, 0.2) is 0 Å². The van der Waals surface area contributed by atoms with Crippen LogP contribution in [0.2, 0.25) is 0 Å². The third kappa shape index (κ3) is 4.84. The van der Waals surface area contributed by atoms with Crippen molar-refractivity contribution in [3.63, 3.8) is 0 Å². The summed E-state index contributed by atoms with van der Waals surface area (Å²) in [5.41, 5.74) is 3.96. The van der Waals surface area contributed by atoms with Gasteiger partial charge in [-0.1, -0.05) is 66.2 Å². The third-order valence-electron chi connectivity index (χ3n) is 4.39. The molecule has 1 unspecified atom stereocenters. The Kier molecular flexibility index (Phi) is 6.19. The van der Waals surface area contributed by atoms with Crippen LogP contribution in [0.25, 0.3) is 0 Å². The Morgan fingerprint density at radius 3 is 2.21 bits per heavy atom. The molecule has 0 bridgehead atoms. The highest BCUT2D eigenvalue weighted by atomic mass is 16.4. The topological polar surface area (TPSA) is 78.4 Å². The number of aliphatic carboxylic acids is 1. The molecule has 0 aliphatic carbocycles. The van der Waals surface area contributed by atoms with E-state index in [0.29, 0.717) is 11.3 Å². The Morgan fingerprint density at radius 2 is 1.57 bits per heavy atom. The highest BCUT2D eigenvalue weighted by Gasteiger charge is 2.20. The number of hydrogen-bond donors (Lipinski definition) is 3. The molecule has 142 valence electrons. The van der Waals surface area contributed by atoms with Crippen LogP contribution in [0.1, 0.15) is 33.1 Å². The zero-order valence-electron chi connectivity index (χ0n) is 15.6. The van der Waals surface area contributed by atoms with Crippen LogP contribution in [0.4, 0.5) is 5.69 Å². The van der Waals surface area contributed by atoms with E-state index in [1.807, 2.05) is 73.7 Å². The van der Waals surface area contributed by atoms with Crippen LogP contribution in [0, 0.1) is 6.92 Å². The molecule has 3 N–H and O–H groups in total. The highest BCUT2D eigenvalue weighted by molar-refractivity contribution is 6.04. The number of benzene rings is 3. The molecule has 1 atom stereocenters. The molecule has 3 aromatic rings. The number of carboxylic acids is 1. The second kappa shape index (κ2) is 8.97. The molecule has 3 aromatic carbocycles. The fourth-order valence-electron chi connectivity index (χ4n) is 3.06. The van der Waals surface area contributed by atoms with Crippen LogP contribution < -0.4 is 10.6 Å². The van der Waals surface area contributed by atoms with Gasteiger partial charge in [0.25, 0.3) is 5.91 Å². The molecule has 5 heteroatoms. The fourth-order valence-corrected chi connectivity index (χ4v) is 3.06. The summed E-state index contributed by atoms with van der Waals surface area (Å²) in [6, 6.07) is 23.9. The summed E-state index contributed by atoms with van der Waals surface area (Å²) in [7, 11) is 0. The van der Waals surface area contributed by atoms with Crippen molar-refractivity contribution in [1.29, 1.82) is 0 Å². The molecule has 0 fully saturated rings. The van der Waals surface area contributed by atoms with Crippen LogP contribution in [0.3, 0.4) is 0 Å². The van der Waals surface area contributed by atoms with E-state index in [1.54, 1.807) is 12.1 Å². The summed E-state index contributed by atoms with van der Waals surface area (Å²) in [5, 5.41) is 15.2. The molecule has 0 aromatic heterocycles. The normalized spacial score (nSPS) is 11.6. The summed E-state index contributed by atoms with van der Waals surface area (Å²) in [6.07, 6.45) is 0. The first-order valence-electron chi connectivity index (χ1n) is 9.01. The predicted octanol–water partition coefficient (Wildman–Crippen LogP) is 4.01. The highest BCUT2D eigenvalue weighted by Crippen LogP contribution is 2.30. The van der Waals surface area contributed by atoms with Crippen molar-refractivity contribution in [3.05, 3.63) is 101 Å². The van der Waals surface area contributed by atoms with Gasteiger partial charge in [-0.05, 0) is 36.2 Å². The maximum Gasteiger partial charge on any atom is 0.317 e. The summed E-state index contributed by atoms with van der Waals surface area (Å²) in [6.45, 7) is 1.77. The van der Waals surface area contributed by atoms with Gasteiger partial charge in [0.2, 0.25) is 0 Å². The van der Waals surface area contributed by atoms with Gasteiger partial charge in [0.1, 0.15) is 0 Å². The van der Waals surface area contributed by atoms with Crippen molar-refractivity contribution in [3.8, 4) is 0 Å². The quantitative estimate of drug-likeness (QED) is 0.584. The molecule has 5 nitrogen and oxygen atoms in total. The van der Waals surface area contributed by atoms with Gasteiger partial charge in [-0.2, -0.15) is 0 Å². The Hall–Kier alpha value is -3.44. The molecule has 3 rings (SSSR count). The number of carboxylic acid groups (broad SMARTS) is 1. The largest absolute Gasteiger partial charge is 0.480 e. The van der Waals surface area contributed by atoms with Gasteiger partial charge >= 0.3 is 5.97 Å². The Bertz CT molecular complexity index is 956. The van der Waals surface area contributed by atoms with Gasteiger partial charge in [0.05, 0.1) is 12.6 Å². The number of anilines is 1. The molecule has 0 aliphatic rings. The average molecular weight is 374 g/mol. The SMILES string of the molecule is Cc1ccc(NC(=O)c2ccccc2)c(C(NCC(=O)O)c2ccccc2)c1. The monoisotopic (exact) mass is 374 g/mol. The van der Waals surface area contributed by atoms with Crippen molar-refractivity contribution in [2.45, 2.75) is 13.0 Å². The Balaban J connectivity index is 1.98. The van der Waals surface area contributed by atoms with E-state index in [4.69, 9.17) is 5.11 Å². The molecule has 0 saturated carbocycles. The van der Waals surface area contributed by atoms with Gasteiger partial charge in [-0.3, -0.25) is 14.9 Å². The van der Waals surface area contributed by atoms with Gasteiger partial charge in [0, 0.05) is 11.3 Å². The summed E-state index contributed by atoms with van der Waals surface area (Å²) in [4.78, 5) is 23.8. The number of amides is 1. The van der Waals surface area contributed by atoms with Crippen LogP contribution in [-0.2, 0) is 4.79 Å². The number of carbonyl (C=O) groups is 2. The number of hydrogen-bond acceptors (Lipinski definition) is 3. The maximum atomic E-state index is 12.7. The Morgan fingerprint density at radius 1 is 0.929 bits per heavy atom. The summed E-state index contributed by atoms with van der Waals surface area (Å²) >= 11 is 0. The molecule has 0 radical (unpaired) electrons. The van der Waals surface area contributed by atoms with E-state index in [9.17, 15) is 9.59 Å². The zero-order valence-corrected chi connectivity index (χ0v) is 15.6. The average Bonchev–Trinajstić information content (AvgIpc) is 2.71. The first-order valence-corrected chi connectivity index (χ1v) is 9.01. The molecule has 0 spiro atoms. The lowest BCUT2D eigenvalue weighted by atomic mass is 9.95. The van der Waals surface area contributed by atoms with Crippen molar-refractivity contribution >= 4 is 17.6 Å². The molecular formula is C23H22N2O3. The van der Waals surface area contributed by atoms with E-state index < -0.39 is 5.97 Å². The predicted molar refractivity (Wildman–Crippen MR) is 109 cm³/mol. The lowest BCUT2D eigenvalue weighted by Gasteiger charge is -2.23. The van der Waals surface area contributed by atoms with Gasteiger partial charge < -0.3 is 10.4 Å². The first-order chi connectivity index (χ1) is 13.5. The first kappa shape index (κ1) is 19.3. The second-order valence-corrected chi connectivity index (χ2v) is 6.53. The van der Waals surface area contributed by atoms with E-state index in [-0.39, 0.29) is 18.5 Å². The smallest absolute Gasteiger partial charge is 0.317 e. The van der Waals surface area contributed by atoms with Crippen molar-refractivity contribution < 1.29 is 14.7 Å². The molecule has 1 amide bonds. The molecule has 0 heterocycles. The van der Waals surface area contributed by atoms with E-state index >= 15 is 0 Å². The minimum atomic E-state index is -0.941. The van der Waals surface area contributed by atoms with E-state index in [1.165, 1.54) is 0 Å². The van der Waals surface area contributed by atoms with Crippen LogP contribution in [0.5, 0.6) is 0 Å². The standard InChI is InChI=1S/C23H22N2O3/c1-16-12-13-20(25-23(28)18-10-6-3-7-11-18)19(14-16)22(24-15-21(26)27)17-8-4-2-5-9-17/h2-14,22,24H,15H2,1H3,(H,25,28)(H,26,27). The molecule has 0 aliphatic heterocycles.